The number of hydrogen-bond donors (Lipinski definition) is 0. The van der Waals surface area contributed by atoms with Gasteiger partial charge in [-0.05, 0) is 37.5 Å². The highest BCUT2D eigenvalue weighted by Crippen LogP contribution is 2.17. The number of aromatic nitrogens is 1. The van der Waals surface area contributed by atoms with Gasteiger partial charge in [0, 0.05) is 12.2 Å². The van der Waals surface area contributed by atoms with Crippen molar-refractivity contribution >= 4 is 6.29 Å². The molecule has 0 bridgehead atoms. The highest BCUT2D eigenvalue weighted by molar-refractivity contribution is 5.75. The SMILES string of the molecule is CCc1cc(C)n(Cc2ccc(C)cc2)c1C=O. The van der Waals surface area contributed by atoms with E-state index in [2.05, 4.69) is 55.7 Å². The summed E-state index contributed by atoms with van der Waals surface area (Å²) in [5.74, 6) is 0. The van der Waals surface area contributed by atoms with Crippen LogP contribution in [0.5, 0.6) is 0 Å². The van der Waals surface area contributed by atoms with Crippen LogP contribution >= 0.6 is 0 Å². The smallest absolute Gasteiger partial charge is 0.166 e. The molecule has 0 radical (unpaired) electrons. The molecular weight excluding hydrogens is 222 g/mol. The average Bonchev–Trinajstić information content (AvgIpc) is 2.68. The highest BCUT2D eigenvalue weighted by Gasteiger charge is 2.10. The number of rotatable bonds is 4. The van der Waals surface area contributed by atoms with E-state index >= 15 is 0 Å². The van der Waals surface area contributed by atoms with Crippen LogP contribution in [0.25, 0.3) is 0 Å². The molecule has 0 unspecified atom stereocenters. The number of aldehydes is 1. The summed E-state index contributed by atoms with van der Waals surface area (Å²) in [5, 5.41) is 0. The van der Waals surface area contributed by atoms with Crippen LogP contribution in [0.2, 0.25) is 0 Å². The summed E-state index contributed by atoms with van der Waals surface area (Å²) in [4.78, 5) is 11.2. The van der Waals surface area contributed by atoms with Gasteiger partial charge in [0.15, 0.2) is 6.29 Å². The fourth-order valence-corrected chi connectivity index (χ4v) is 2.28. The van der Waals surface area contributed by atoms with Crippen LogP contribution in [-0.4, -0.2) is 10.9 Å². The Morgan fingerprint density at radius 1 is 1.17 bits per heavy atom. The molecule has 1 heterocycles. The largest absolute Gasteiger partial charge is 0.338 e. The Morgan fingerprint density at radius 2 is 1.83 bits per heavy atom. The minimum Gasteiger partial charge on any atom is -0.338 e. The second-order valence-corrected chi connectivity index (χ2v) is 4.74. The summed E-state index contributed by atoms with van der Waals surface area (Å²) in [6.45, 7) is 6.98. The van der Waals surface area contributed by atoms with Gasteiger partial charge in [-0.15, -0.1) is 0 Å². The molecular formula is C16H19NO. The van der Waals surface area contributed by atoms with Gasteiger partial charge in [-0.25, -0.2) is 0 Å². The van der Waals surface area contributed by atoms with Crippen LogP contribution in [0, 0.1) is 13.8 Å². The predicted molar refractivity (Wildman–Crippen MR) is 74.2 cm³/mol. The summed E-state index contributed by atoms with van der Waals surface area (Å²) >= 11 is 0. The standard InChI is InChI=1S/C16H19NO/c1-4-15-9-13(3)17(16(15)11-18)10-14-7-5-12(2)6-8-14/h5-9,11H,4,10H2,1-3H3. The average molecular weight is 241 g/mol. The summed E-state index contributed by atoms with van der Waals surface area (Å²) in [5.41, 5.74) is 5.58. The van der Waals surface area contributed by atoms with Gasteiger partial charge in [-0.2, -0.15) is 0 Å². The van der Waals surface area contributed by atoms with Crippen molar-refractivity contribution in [2.45, 2.75) is 33.7 Å². The zero-order chi connectivity index (χ0) is 13.1. The Balaban J connectivity index is 2.36. The molecule has 18 heavy (non-hydrogen) atoms. The van der Waals surface area contributed by atoms with E-state index in [9.17, 15) is 4.79 Å². The van der Waals surface area contributed by atoms with Crippen molar-refractivity contribution < 1.29 is 4.79 Å². The third kappa shape index (κ3) is 2.37. The van der Waals surface area contributed by atoms with Gasteiger partial charge in [0.05, 0.1) is 5.69 Å². The molecule has 0 aliphatic heterocycles. The van der Waals surface area contributed by atoms with E-state index in [-0.39, 0.29) is 0 Å². The molecule has 1 aromatic carbocycles. The zero-order valence-corrected chi connectivity index (χ0v) is 11.2. The first-order valence-corrected chi connectivity index (χ1v) is 6.35. The fraction of sp³-hybridized carbons (Fsp3) is 0.312. The van der Waals surface area contributed by atoms with Crippen LogP contribution in [0.1, 0.15) is 39.8 Å². The summed E-state index contributed by atoms with van der Waals surface area (Å²) in [6, 6.07) is 10.6. The number of nitrogens with zero attached hydrogens (tertiary/aromatic N) is 1. The number of carbonyl (C=O) groups excluding carboxylic acids is 1. The van der Waals surface area contributed by atoms with E-state index in [1.54, 1.807) is 0 Å². The Bertz CT molecular complexity index is 549. The van der Waals surface area contributed by atoms with E-state index in [0.29, 0.717) is 0 Å². The lowest BCUT2D eigenvalue weighted by atomic mass is 10.1. The molecule has 0 amide bonds. The normalized spacial score (nSPS) is 10.6. The van der Waals surface area contributed by atoms with Crippen LogP contribution in [0.15, 0.2) is 30.3 Å². The van der Waals surface area contributed by atoms with Gasteiger partial charge in [0.2, 0.25) is 0 Å². The van der Waals surface area contributed by atoms with Crippen molar-refractivity contribution in [1.29, 1.82) is 0 Å². The quantitative estimate of drug-likeness (QED) is 0.751. The van der Waals surface area contributed by atoms with E-state index in [0.717, 1.165) is 36.2 Å². The monoisotopic (exact) mass is 241 g/mol. The minimum absolute atomic E-state index is 0.764. The van der Waals surface area contributed by atoms with Crippen molar-refractivity contribution in [3.8, 4) is 0 Å². The first-order chi connectivity index (χ1) is 8.65. The molecule has 1 aromatic heterocycles. The molecule has 0 aliphatic rings. The number of hydrogen-bond acceptors (Lipinski definition) is 1. The van der Waals surface area contributed by atoms with Crippen LogP contribution in [-0.2, 0) is 13.0 Å². The van der Waals surface area contributed by atoms with Crippen molar-refractivity contribution in [3.63, 3.8) is 0 Å². The second kappa shape index (κ2) is 5.21. The lowest BCUT2D eigenvalue weighted by Gasteiger charge is -2.09. The third-order valence-electron chi connectivity index (χ3n) is 3.38. The Morgan fingerprint density at radius 3 is 2.39 bits per heavy atom. The molecule has 0 N–H and O–H groups in total. The number of aryl methyl sites for hydroxylation is 3. The van der Waals surface area contributed by atoms with E-state index in [1.165, 1.54) is 11.1 Å². The molecule has 2 heteroatoms. The van der Waals surface area contributed by atoms with Crippen molar-refractivity contribution in [2.24, 2.45) is 0 Å². The summed E-state index contributed by atoms with van der Waals surface area (Å²) < 4.78 is 2.09. The maximum absolute atomic E-state index is 11.2. The van der Waals surface area contributed by atoms with Gasteiger partial charge in [-0.3, -0.25) is 4.79 Å². The molecule has 0 aliphatic carbocycles. The van der Waals surface area contributed by atoms with Crippen LogP contribution in [0.3, 0.4) is 0 Å². The second-order valence-electron chi connectivity index (χ2n) is 4.74. The Labute approximate surface area is 108 Å². The van der Waals surface area contributed by atoms with Gasteiger partial charge in [0.1, 0.15) is 0 Å². The molecule has 0 saturated carbocycles. The molecule has 0 fully saturated rings. The van der Waals surface area contributed by atoms with E-state index in [1.807, 2.05) is 0 Å². The summed E-state index contributed by atoms with van der Waals surface area (Å²) in [7, 11) is 0. The maximum atomic E-state index is 11.2. The van der Waals surface area contributed by atoms with Gasteiger partial charge in [0.25, 0.3) is 0 Å². The molecule has 2 rings (SSSR count). The molecule has 0 atom stereocenters. The first kappa shape index (κ1) is 12.6. The molecule has 0 saturated heterocycles. The topological polar surface area (TPSA) is 22.0 Å². The van der Waals surface area contributed by atoms with Crippen LogP contribution < -0.4 is 0 Å². The van der Waals surface area contributed by atoms with E-state index in [4.69, 9.17) is 0 Å². The molecule has 94 valence electrons. The molecule has 2 aromatic rings. The lowest BCUT2D eigenvalue weighted by molar-refractivity contribution is 0.111. The summed E-state index contributed by atoms with van der Waals surface area (Å²) in [6.07, 6.45) is 1.87. The lowest BCUT2D eigenvalue weighted by Crippen LogP contribution is -2.06. The highest BCUT2D eigenvalue weighted by atomic mass is 16.1. The predicted octanol–water partition coefficient (Wildman–Crippen LogP) is 3.53. The third-order valence-corrected chi connectivity index (χ3v) is 3.38. The Hall–Kier alpha value is -1.83. The number of carbonyl (C=O) groups is 1. The first-order valence-electron chi connectivity index (χ1n) is 6.35. The number of benzene rings is 1. The van der Waals surface area contributed by atoms with Crippen molar-refractivity contribution in [1.82, 2.24) is 4.57 Å². The molecule has 0 spiro atoms. The molecule has 2 nitrogen and oxygen atoms in total. The van der Waals surface area contributed by atoms with Gasteiger partial charge in [-0.1, -0.05) is 36.8 Å². The van der Waals surface area contributed by atoms with Gasteiger partial charge >= 0.3 is 0 Å². The van der Waals surface area contributed by atoms with Crippen LogP contribution in [0.4, 0.5) is 0 Å². The van der Waals surface area contributed by atoms with Crippen molar-refractivity contribution in [3.05, 3.63) is 58.4 Å². The Kier molecular flexibility index (Phi) is 3.66. The van der Waals surface area contributed by atoms with E-state index < -0.39 is 0 Å². The minimum atomic E-state index is 0.764. The maximum Gasteiger partial charge on any atom is 0.166 e. The van der Waals surface area contributed by atoms with Crippen molar-refractivity contribution in [2.75, 3.05) is 0 Å². The zero-order valence-electron chi connectivity index (χ0n) is 11.2. The van der Waals surface area contributed by atoms with Gasteiger partial charge < -0.3 is 4.57 Å². The fourth-order valence-electron chi connectivity index (χ4n) is 2.28.